The van der Waals surface area contributed by atoms with E-state index in [0.29, 0.717) is 16.6 Å². The highest BCUT2D eigenvalue weighted by molar-refractivity contribution is 7.14. The first-order valence-electron chi connectivity index (χ1n) is 6.59. The van der Waals surface area contributed by atoms with Crippen LogP contribution in [0.3, 0.4) is 0 Å². The van der Waals surface area contributed by atoms with Crippen molar-refractivity contribution in [1.29, 1.82) is 0 Å². The van der Waals surface area contributed by atoms with E-state index in [2.05, 4.69) is 10.3 Å². The molecule has 1 aromatic carbocycles. The van der Waals surface area contributed by atoms with Crippen molar-refractivity contribution in [3.8, 4) is 11.5 Å². The maximum atomic E-state index is 11.9. The van der Waals surface area contributed by atoms with Crippen molar-refractivity contribution in [3.05, 3.63) is 59.9 Å². The lowest BCUT2D eigenvalue weighted by Gasteiger charge is -1.96. The van der Waals surface area contributed by atoms with Gasteiger partial charge in [0.2, 0.25) is 0 Å². The second-order valence-electron chi connectivity index (χ2n) is 4.62. The summed E-state index contributed by atoms with van der Waals surface area (Å²) in [5.41, 5.74) is 1.50. The molecule has 4 rings (SSSR count). The van der Waals surface area contributed by atoms with Crippen molar-refractivity contribution < 1.29 is 13.6 Å². The molecule has 22 heavy (non-hydrogen) atoms. The number of hydrogen-bond donors (Lipinski definition) is 1. The molecule has 3 aromatic heterocycles. The Morgan fingerprint density at radius 1 is 1.18 bits per heavy atom. The van der Waals surface area contributed by atoms with Crippen LogP contribution < -0.4 is 5.32 Å². The largest absolute Gasteiger partial charge is 0.459 e. The van der Waals surface area contributed by atoms with Gasteiger partial charge in [0.05, 0.1) is 6.26 Å². The van der Waals surface area contributed by atoms with E-state index >= 15 is 0 Å². The van der Waals surface area contributed by atoms with Gasteiger partial charge in [-0.15, -0.1) is 11.3 Å². The summed E-state index contributed by atoms with van der Waals surface area (Å²) in [6.07, 6.45) is 1.45. The minimum Gasteiger partial charge on any atom is -0.459 e. The second kappa shape index (κ2) is 5.16. The molecule has 4 aromatic rings. The molecule has 0 bridgehead atoms. The molecular weight excluding hydrogens is 300 g/mol. The molecule has 0 radical (unpaired) electrons. The Labute approximate surface area is 129 Å². The SMILES string of the molecule is O=C(Nc1nc(-c2cc3ccccc3o2)cs1)c1ccco1. The van der Waals surface area contributed by atoms with E-state index in [-0.39, 0.29) is 11.7 Å². The minimum absolute atomic E-state index is 0.250. The molecule has 1 amide bonds. The number of nitrogens with zero attached hydrogens (tertiary/aromatic N) is 1. The molecule has 108 valence electrons. The standard InChI is InChI=1S/C16H10N2O3S/c19-15(13-6-3-7-20-13)18-16-17-11(9-22-16)14-8-10-4-1-2-5-12(10)21-14/h1-9H,(H,17,18,19). The van der Waals surface area contributed by atoms with E-state index in [0.717, 1.165) is 11.0 Å². The molecule has 0 spiro atoms. The van der Waals surface area contributed by atoms with Crippen molar-refractivity contribution >= 4 is 33.3 Å². The quantitative estimate of drug-likeness (QED) is 0.609. The first kappa shape index (κ1) is 12.8. The number of nitrogens with one attached hydrogen (secondary N) is 1. The van der Waals surface area contributed by atoms with E-state index < -0.39 is 0 Å². The van der Waals surface area contributed by atoms with E-state index in [1.807, 2.05) is 35.7 Å². The van der Waals surface area contributed by atoms with Crippen LogP contribution in [0.4, 0.5) is 5.13 Å². The number of aromatic nitrogens is 1. The van der Waals surface area contributed by atoms with Crippen LogP contribution in [0.15, 0.2) is 62.9 Å². The topological polar surface area (TPSA) is 68.3 Å². The third-order valence-electron chi connectivity index (χ3n) is 3.15. The molecule has 0 aliphatic carbocycles. The van der Waals surface area contributed by atoms with E-state index in [1.165, 1.54) is 17.6 Å². The van der Waals surface area contributed by atoms with Crippen LogP contribution in [0.2, 0.25) is 0 Å². The van der Waals surface area contributed by atoms with Gasteiger partial charge < -0.3 is 8.83 Å². The zero-order valence-corrected chi connectivity index (χ0v) is 12.1. The molecule has 0 aliphatic heterocycles. The van der Waals surface area contributed by atoms with Gasteiger partial charge in [-0.1, -0.05) is 18.2 Å². The van der Waals surface area contributed by atoms with Crippen LogP contribution in [0.1, 0.15) is 10.6 Å². The Balaban J connectivity index is 1.59. The molecule has 5 nitrogen and oxygen atoms in total. The van der Waals surface area contributed by atoms with Gasteiger partial charge >= 0.3 is 0 Å². The normalized spacial score (nSPS) is 10.9. The maximum absolute atomic E-state index is 11.9. The lowest BCUT2D eigenvalue weighted by Crippen LogP contribution is -2.10. The Morgan fingerprint density at radius 3 is 2.91 bits per heavy atom. The van der Waals surface area contributed by atoms with Crippen molar-refractivity contribution in [1.82, 2.24) is 4.98 Å². The van der Waals surface area contributed by atoms with Crippen LogP contribution in [-0.4, -0.2) is 10.9 Å². The predicted octanol–water partition coefficient (Wildman–Crippen LogP) is 4.40. The second-order valence-corrected chi connectivity index (χ2v) is 5.48. The molecule has 3 heterocycles. The zero-order chi connectivity index (χ0) is 14.9. The van der Waals surface area contributed by atoms with Gasteiger partial charge in [0.25, 0.3) is 5.91 Å². The van der Waals surface area contributed by atoms with Crippen LogP contribution in [0.5, 0.6) is 0 Å². The Morgan fingerprint density at radius 2 is 2.09 bits per heavy atom. The number of furan rings is 2. The summed E-state index contributed by atoms with van der Waals surface area (Å²) in [6.45, 7) is 0. The number of rotatable bonds is 3. The third-order valence-corrected chi connectivity index (χ3v) is 3.91. The molecule has 0 atom stereocenters. The number of hydrogen-bond acceptors (Lipinski definition) is 5. The average Bonchev–Trinajstić information content (AvgIpc) is 3.26. The molecule has 0 fully saturated rings. The van der Waals surface area contributed by atoms with Gasteiger partial charge in [0.15, 0.2) is 16.7 Å². The zero-order valence-electron chi connectivity index (χ0n) is 11.3. The first-order chi connectivity index (χ1) is 10.8. The monoisotopic (exact) mass is 310 g/mol. The number of amides is 1. The van der Waals surface area contributed by atoms with Crippen LogP contribution >= 0.6 is 11.3 Å². The highest BCUT2D eigenvalue weighted by Crippen LogP contribution is 2.30. The highest BCUT2D eigenvalue weighted by atomic mass is 32.1. The summed E-state index contributed by atoms with van der Waals surface area (Å²) in [4.78, 5) is 16.3. The lowest BCUT2D eigenvalue weighted by atomic mass is 10.2. The third kappa shape index (κ3) is 2.29. The Kier molecular flexibility index (Phi) is 3.01. The molecular formula is C16H10N2O3S. The summed E-state index contributed by atoms with van der Waals surface area (Å²) < 4.78 is 10.8. The fourth-order valence-corrected chi connectivity index (χ4v) is 2.81. The van der Waals surface area contributed by atoms with Gasteiger partial charge in [-0.05, 0) is 24.3 Å². The molecule has 0 saturated carbocycles. The first-order valence-corrected chi connectivity index (χ1v) is 7.47. The Hall–Kier alpha value is -2.86. The molecule has 6 heteroatoms. The molecule has 0 saturated heterocycles. The smallest absolute Gasteiger partial charge is 0.293 e. The number of fused-ring (bicyclic) bond motifs is 1. The van der Waals surface area contributed by atoms with E-state index in [9.17, 15) is 4.79 Å². The van der Waals surface area contributed by atoms with Crippen molar-refractivity contribution in [3.63, 3.8) is 0 Å². The maximum Gasteiger partial charge on any atom is 0.293 e. The highest BCUT2D eigenvalue weighted by Gasteiger charge is 2.13. The van der Waals surface area contributed by atoms with Crippen molar-refractivity contribution in [2.24, 2.45) is 0 Å². The fraction of sp³-hybridized carbons (Fsp3) is 0. The molecule has 0 aliphatic rings. The summed E-state index contributed by atoms with van der Waals surface area (Å²) in [5.74, 6) is 0.604. The van der Waals surface area contributed by atoms with Crippen LogP contribution in [0.25, 0.3) is 22.4 Å². The Bertz CT molecular complexity index is 904. The lowest BCUT2D eigenvalue weighted by molar-refractivity contribution is 0.0996. The van der Waals surface area contributed by atoms with Gasteiger partial charge in [0, 0.05) is 10.8 Å². The van der Waals surface area contributed by atoms with Gasteiger partial charge in [-0.2, -0.15) is 0 Å². The summed E-state index contributed by atoms with van der Waals surface area (Å²) in [7, 11) is 0. The van der Waals surface area contributed by atoms with Gasteiger partial charge in [-0.3, -0.25) is 10.1 Å². The minimum atomic E-state index is -0.324. The molecule has 0 unspecified atom stereocenters. The average molecular weight is 310 g/mol. The van der Waals surface area contributed by atoms with E-state index in [4.69, 9.17) is 8.83 Å². The van der Waals surface area contributed by atoms with Crippen molar-refractivity contribution in [2.75, 3.05) is 5.32 Å². The number of para-hydroxylation sites is 1. The van der Waals surface area contributed by atoms with Crippen LogP contribution in [-0.2, 0) is 0 Å². The molecule has 1 N–H and O–H groups in total. The van der Waals surface area contributed by atoms with Crippen molar-refractivity contribution in [2.45, 2.75) is 0 Å². The van der Waals surface area contributed by atoms with E-state index in [1.54, 1.807) is 12.1 Å². The summed E-state index contributed by atoms with van der Waals surface area (Å²) >= 11 is 1.34. The number of anilines is 1. The van der Waals surface area contributed by atoms with Gasteiger partial charge in [0.1, 0.15) is 11.3 Å². The predicted molar refractivity (Wildman–Crippen MR) is 84.0 cm³/mol. The number of carbonyl (C=O) groups is 1. The summed E-state index contributed by atoms with van der Waals surface area (Å²) in [6, 6.07) is 13.0. The number of carbonyl (C=O) groups excluding carboxylic acids is 1. The van der Waals surface area contributed by atoms with Crippen LogP contribution in [0, 0.1) is 0 Å². The van der Waals surface area contributed by atoms with Gasteiger partial charge in [-0.25, -0.2) is 4.98 Å². The fourth-order valence-electron chi connectivity index (χ4n) is 2.12. The summed E-state index contributed by atoms with van der Waals surface area (Å²) in [5, 5.41) is 6.06. The number of thiazole rings is 1. The number of benzene rings is 1.